The van der Waals surface area contributed by atoms with Crippen LogP contribution in [0.1, 0.15) is 24.2 Å². The first-order valence-corrected chi connectivity index (χ1v) is 7.57. The second kappa shape index (κ2) is 6.92. The molecule has 4 heteroatoms. The highest BCUT2D eigenvalue weighted by atomic mass is 16.5. The topological polar surface area (TPSA) is 55.1 Å². The lowest BCUT2D eigenvalue weighted by Gasteiger charge is -2.13. The van der Waals surface area contributed by atoms with E-state index in [0.717, 1.165) is 11.1 Å². The molecule has 3 rings (SSSR count). The Balaban J connectivity index is 1.61. The van der Waals surface area contributed by atoms with Crippen LogP contribution >= 0.6 is 0 Å². The van der Waals surface area contributed by atoms with Crippen molar-refractivity contribution in [3.63, 3.8) is 0 Å². The van der Waals surface area contributed by atoms with Gasteiger partial charge in [-0.2, -0.15) is 0 Å². The number of carbonyl (C=O) groups is 1. The molecule has 23 heavy (non-hydrogen) atoms. The summed E-state index contributed by atoms with van der Waals surface area (Å²) in [5, 5.41) is 6.95. The Morgan fingerprint density at radius 3 is 2.43 bits per heavy atom. The van der Waals surface area contributed by atoms with Crippen molar-refractivity contribution in [2.75, 3.05) is 0 Å². The van der Waals surface area contributed by atoms with Gasteiger partial charge in [0, 0.05) is 11.6 Å². The van der Waals surface area contributed by atoms with Crippen LogP contribution in [0.15, 0.2) is 71.3 Å². The van der Waals surface area contributed by atoms with Gasteiger partial charge in [-0.05, 0) is 12.5 Å². The third kappa shape index (κ3) is 3.86. The summed E-state index contributed by atoms with van der Waals surface area (Å²) in [6.07, 6.45) is 0.202. The van der Waals surface area contributed by atoms with Gasteiger partial charge in [-0.3, -0.25) is 4.79 Å². The zero-order valence-electron chi connectivity index (χ0n) is 12.9. The van der Waals surface area contributed by atoms with Crippen molar-refractivity contribution >= 4 is 5.91 Å². The van der Waals surface area contributed by atoms with E-state index in [1.165, 1.54) is 0 Å². The summed E-state index contributed by atoms with van der Waals surface area (Å²) < 4.78 is 5.31. The first kappa shape index (κ1) is 15.0. The second-order valence-corrected chi connectivity index (χ2v) is 5.43. The maximum atomic E-state index is 12.1. The molecule has 0 spiro atoms. The number of carbonyl (C=O) groups excluding carboxylic acids is 1. The van der Waals surface area contributed by atoms with Gasteiger partial charge in [0.25, 0.3) is 0 Å². The fraction of sp³-hybridized carbons (Fsp3) is 0.158. The van der Waals surface area contributed by atoms with Gasteiger partial charge < -0.3 is 9.84 Å². The molecule has 0 aliphatic carbocycles. The molecule has 2 aromatic carbocycles. The van der Waals surface area contributed by atoms with E-state index in [1.54, 1.807) is 0 Å². The summed E-state index contributed by atoms with van der Waals surface area (Å²) in [5.41, 5.74) is 2.65. The highest BCUT2D eigenvalue weighted by Crippen LogP contribution is 2.20. The average molecular weight is 306 g/mol. The van der Waals surface area contributed by atoms with Crippen LogP contribution in [0.25, 0.3) is 11.3 Å². The standard InChI is InChI=1S/C19H18N2O2/c1-14(15-8-4-2-5-9-15)20-19(22)13-17-12-18(23-21-17)16-10-6-3-7-11-16/h2-12,14H,13H2,1H3,(H,20,22)/t14-/m0/s1. The van der Waals surface area contributed by atoms with Crippen molar-refractivity contribution in [1.29, 1.82) is 0 Å². The van der Waals surface area contributed by atoms with Crippen LogP contribution < -0.4 is 5.32 Å². The van der Waals surface area contributed by atoms with Gasteiger partial charge in [0.15, 0.2) is 5.76 Å². The van der Waals surface area contributed by atoms with E-state index in [9.17, 15) is 4.79 Å². The smallest absolute Gasteiger partial charge is 0.226 e. The van der Waals surface area contributed by atoms with Gasteiger partial charge in [-0.15, -0.1) is 0 Å². The maximum Gasteiger partial charge on any atom is 0.226 e. The van der Waals surface area contributed by atoms with Gasteiger partial charge in [0.05, 0.1) is 18.2 Å². The van der Waals surface area contributed by atoms with E-state index in [2.05, 4.69) is 10.5 Å². The molecular formula is C19H18N2O2. The summed E-state index contributed by atoms with van der Waals surface area (Å²) in [6, 6.07) is 21.3. The summed E-state index contributed by atoms with van der Waals surface area (Å²) in [5.74, 6) is 0.596. The Bertz CT molecular complexity index is 766. The third-order valence-electron chi connectivity index (χ3n) is 3.64. The van der Waals surface area contributed by atoms with E-state index >= 15 is 0 Å². The Morgan fingerprint density at radius 2 is 1.74 bits per heavy atom. The lowest BCUT2D eigenvalue weighted by molar-refractivity contribution is -0.121. The molecule has 1 atom stereocenters. The first-order chi connectivity index (χ1) is 11.2. The molecule has 0 unspecified atom stereocenters. The SMILES string of the molecule is C[C@H](NC(=O)Cc1cc(-c2ccccc2)on1)c1ccccc1. The summed E-state index contributed by atoms with van der Waals surface area (Å²) >= 11 is 0. The predicted molar refractivity (Wildman–Crippen MR) is 88.6 cm³/mol. The van der Waals surface area contributed by atoms with Crippen molar-refractivity contribution in [1.82, 2.24) is 10.5 Å². The molecule has 0 aliphatic rings. The van der Waals surface area contributed by atoms with Crippen molar-refractivity contribution in [3.05, 3.63) is 78.0 Å². The average Bonchev–Trinajstić information content (AvgIpc) is 3.04. The summed E-state index contributed by atoms with van der Waals surface area (Å²) in [7, 11) is 0. The van der Waals surface area contributed by atoms with Gasteiger partial charge >= 0.3 is 0 Å². The number of hydrogen-bond donors (Lipinski definition) is 1. The highest BCUT2D eigenvalue weighted by Gasteiger charge is 2.13. The molecule has 3 aromatic rings. The fourth-order valence-corrected chi connectivity index (χ4v) is 2.42. The normalized spacial score (nSPS) is 11.9. The Kier molecular flexibility index (Phi) is 4.52. The van der Waals surface area contributed by atoms with Crippen LogP contribution in [-0.4, -0.2) is 11.1 Å². The number of rotatable bonds is 5. The molecule has 0 radical (unpaired) electrons. The van der Waals surface area contributed by atoms with E-state index in [1.807, 2.05) is 73.7 Å². The zero-order chi connectivity index (χ0) is 16.1. The van der Waals surface area contributed by atoms with E-state index in [-0.39, 0.29) is 18.4 Å². The van der Waals surface area contributed by atoms with Crippen LogP contribution in [0.2, 0.25) is 0 Å². The van der Waals surface area contributed by atoms with Crippen molar-refractivity contribution in [2.45, 2.75) is 19.4 Å². The molecule has 1 heterocycles. The lowest BCUT2D eigenvalue weighted by atomic mass is 10.1. The molecule has 1 amide bonds. The number of benzene rings is 2. The van der Waals surface area contributed by atoms with Crippen LogP contribution in [0, 0.1) is 0 Å². The monoisotopic (exact) mass is 306 g/mol. The van der Waals surface area contributed by atoms with E-state index in [0.29, 0.717) is 11.5 Å². The molecule has 0 bridgehead atoms. The summed E-state index contributed by atoms with van der Waals surface area (Å²) in [6.45, 7) is 1.96. The Morgan fingerprint density at radius 1 is 1.09 bits per heavy atom. The van der Waals surface area contributed by atoms with Gasteiger partial charge in [-0.1, -0.05) is 65.8 Å². The Hall–Kier alpha value is -2.88. The van der Waals surface area contributed by atoms with Gasteiger partial charge in [-0.25, -0.2) is 0 Å². The number of nitrogens with one attached hydrogen (secondary N) is 1. The van der Waals surface area contributed by atoms with E-state index in [4.69, 9.17) is 4.52 Å². The fourth-order valence-electron chi connectivity index (χ4n) is 2.42. The first-order valence-electron chi connectivity index (χ1n) is 7.57. The maximum absolute atomic E-state index is 12.1. The third-order valence-corrected chi connectivity index (χ3v) is 3.64. The van der Waals surface area contributed by atoms with Gasteiger partial charge in [0.2, 0.25) is 5.91 Å². The molecule has 0 saturated carbocycles. The largest absolute Gasteiger partial charge is 0.356 e. The highest BCUT2D eigenvalue weighted by molar-refractivity contribution is 5.78. The number of aromatic nitrogens is 1. The van der Waals surface area contributed by atoms with Gasteiger partial charge in [0.1, 0.15) is 0 Å². The minimum absolute atomic E-state index is 0.0378. The van der Waals surface area contributed by atoms with Crippen molar-refractivity contribution in [3.8, 4) is 11.3 Å². The molecule has 0 saturated heterocycles. The minimum Gasteiger partial charge on any atom is -0.356 e. The number of hydrogen-bond acceptors (Lipinski definition) is 3. The molecule has 116 valence electrons. The molecule has 0 fully saturated rings. The van der Waals surface area contributed by atoms with Crippen LogP contribution in [0.3, 0.4) is 0 Å². The number of nitrogens with zero attached hydrogens (tertiary/aromatic N) is 1. The second-order valence-electron chi connectivity index (χ2n) is 5.43. The van der Waals surface area contributed by atoms with E-state index < -0.39 is 0 Å². The van der Waals surface area contributed by atoms with Crippen molar-refractivity contribution < 1.29 is 9.32 Å². The van der Waals surface area contributed by atoms with Crippen molar-refractivity contribution in [2.24, 2.45) is 0 Å². The zero-order valence-corrected chi connectivity index (χ0v) is 12.9. The molecule has 4 nitrogen and oxygen atoms in total. The Labute approximate surface area is 135 Å². The molecule has 1 N–H and O–H groups in total. The minimum atomic E-state index is -0.0748. The lowest BCUT2D eigenvalue weighted by Crippen LogP contribution is -2.28. The number of amides is 1. The van der Waals surface area contributed by atoms with Crippen LogP contribution in [0.4, 0.5) is 0 Å². The molecule has 1 aromatic heterocycles. The predicted octanol–water partition coefficient (Wildman–Crippen LogP) is 3.76. The van der Waals surface area contributed by atoms with Crippen LogP contribution in [-0.2, 0) is 11.2 Å². The van der Waals surface area contributed by atoms with Crippen LogP contribution in [0.5, 0.6) is 0 Å². The summed E-state index contributed by atoms with van der Waals surface area (Å²) in [4.78, 5) is 12.1. The quantitative estimate of drug-likeness (QED) is 0.781. The molecular weight excluding hydrogens is 288 g/mol. The molecule has 0 aliphatic heterocycles.